The van der Waals surface area contributed by atoms with Gasteiger partial charge in [0.1, 0.15) is 23.3 Å². The standard InChI is InChI=1S/C21H19N5O2/c1-26-10-12-5-17(28-2)16(6-15(12)21(26)27)24-18-7-14(11-3-4-11)19-13(8-22)9-23-20(19)25-18/h5-7,9,11H,3-4,10H2,1-2H3,(H2,23,24,25). The Bertz CT molecular complexity index is 1170. The van der Waals surface area contributed by atoms with Crippen molar-refractivity contribution in [2.75, 3.05) is 19.5 Å². The lowest BCUT2D eigenvalue weighted by Crippen LogP contribution is -2.17. The smallest absolute Gasteiger partial charge is 0.254 e. The molecule has 2 aromatic heterocycles. The lowest BCUT2D eigenvalue weighted by Gasteiger charge is -2.13. The lowest BCUT2D eigenvalue weighted by atomic mass is 10.0. The first-order valence-electron chi connectivity index (χ1n) is 9.24. The van der Waals surface area contributed by atoms with Gasteiger partial charge in [-0.1, -0.05) is 0 Å². The largest absolute Gasteiger partial charge is 0.495 e. The van der Waals surface area contributed by atoms with Crippen LogP contribution in [-0.2, 0) is 6.54 Å². The molecule has 7 nitrogen and oxygen atoms in total. The second kappa shape index (κ2) is 5.99. The highest BCUT2D eigenvalue weighted by Gasteiger charge is 2.29. The van der Waals surface area contributed by atoms with Crippen molar-refractivity contribution in [3.8, 4) is 11.8 Å². The van der Waals surface area contributed by atoms with Crippen molar-refractivity contribution < 1.29 is 9.53 Å². The zero-order valence-corrected chi connectivity index (χ0v) is 15.7. The molecule has 140 valence electrons. The van der Waals surface area contributed by atoms with E-state index in [1.54, 1.807) is 25.3 Å². The molecule has 1 aliphatic heterocycles. The summed E-state index contributed by atoms with van der Waals surface area (Å²) in [5, 5.41) is 13.6. The molecule has 7 heteroatoms. The number of hydrogen-bond acceptors (Lipinski definition) is 5. The van der Waals surface area contributed by atoms with E-state index in [1.165, 1.54) is 0 Å². The number of nitrogens with one attached hydrogen (secondary N) is 2. The van der Waals surface area contributed by atoms with Crippen molar-refractivity contribution in [1.29, 1.82) is 5.26 Å². The Kier molecular flexibility index (Phi) is 3.56. The molecule has 0 bridgehead atoms. The Hall–Kier alpha value is -3.53. The fraction of sp³-hybridized carbons (Fsp3) is 0.286. The minimum atomic E-state index is 0.00538. The third-order valence-corrected chi connectivity index (χ3v) is 5.48. The summed E-state index contributed by atoms with van der Waals surface area (Å²) in [7, 11) is 3.40. The second-order valence-electron chi connectivity index (χ2n) is 7.40. The van der Waals surface area contributed by atoms with Gasteiger partial charge >= 0.3 is 0 Å². The summed E-state index contributed by atoms with van der Waals surface area (Å²) < 4.78 is 5.54. The number of aromatic amines is 1. The van der Waals surface area contributed by atoms with Gasteiger partial charge in [-0.15, -0.1) is 0 Å². The van der Waals surface area contributed by atoms with Gasteiger partial charge in [0.2, 0.25) is 0 Å². The molecule has 0 radical (unpaired) electrons. The van der Waals surface area contributed by atoms with Gasteiger partial charge in [-0.2, -0.15) is 5.26 Å². The molecular weight excluding hydrogens is 354 g/mol. The van der Waals surface area contributed by atoms with Crippen molar-refractivity contribution in [2.45, 2.75) is 25.3 Å². The number of aromatic nitrogens is 2. The highest BCUT2D eigenvalue weighted by Crippen LogP contribution is 2.45. The molecule has 0 spiro atoms. The number of nitrogens with zero attached hydrogens (tertiary/aromatic N) is 3. The number of benzene rings is 1. The predicted octanol–water partition coefficient (Wildman–Crippen LogP) is 3.65. The lowest BCUT2D eigenvalue weighted by molar-refractivity contribution is 0.0816. The van der Waals surface area contributed by atoms with Gasteiger partial charge in [0.15, 0.2) is 0 Å². The van der Waals surface area contributed by atoms with Crippen LogP contribution in [-0.4, -0.2) is 34.9 Å². The van der Waals surface area contributed by atoms with E-state index in [1.807, 2.05) is 18.2 Å². The van der Waals surface area contributed by atoms with E-state index in [0.29, 0.717) is 46.5 Å². The van der Waals surface area contributed by atoms with E-state index in [4.69, 9.17) is 4.74 Å². The fourth-order valence-electron chi connectivity index (χ4n) is 3.92. The van der Waals surface area contributed by atoms with Crippen LogP contribution in [0.5, 0.6) is 5.75 Å². The van der Waals surface area contributed by atoms with Crippen LogP contribution in [0, 0.1) is 11.3 Å². The topological polar surface area (TPSA) is 94.0 Å². The summed E-state index contributed by atoms with van der Waals surface area (Å²) in [5.41, 5.74) is 4.80. The molecule has 2 N–H and O–H groups in total. The molecule has 1 saturated carbocycles. The van der Waals surface area contributed by atoms with Gasteiger partial charge in [0, 0.05) is 30.7 Å². The highest BCUT2D eigenvalue weighted by molar-refractivity contribution is 6.00. The molecule has 3 heterocycles. The molecule has 3 aromatic rings. The fourth-order valence-corrected chi connectivity index (χ4v) is 3.92. The summed E-state index contributed by atoms with van der Waals surface area (Å²) in [4.78, 5) is 21.8. The average Bonchev–Trinajstić information content (AvgIpc) is 3.41. The Morgan fingerprint density at radius 1 is 1.36 bits per heavy atom. The number of ether oxygens (including phenoxy) is 1. The molecule has 1 aliphatic carbocycles. The van der Waals surface area contributed by atoms with Gasteiger partial charge in [-0.3, -0.25) is 4.79 Å². The van der Waals surface area contributed by atoms with Crippen LogP contribution in [0.4, 0.5) is 11.5 Å². The van der Waals surface area contributed by atoms with E-state index in [9.17, 15) is 10.1 Å². The number of amides is 1. The van der Waals surface area contributed by atoms with Crippen LogP contribution in [0.25, 0.3) is 11.0 Å². The number of fused-ring (bicyclic) bond motifs is 2. The van der Waals surface area contributed by atoms with Crippen LogP contribution < -0.4 is 10.1 Å². The number of anilines is 2. The Balaban J connectivity index is 1.59. The minimum absolute atomic E-state index is 0.00538. The van der Waals surface area contributed by atoms with Crippen molar-refractivity contribution in [3.63, 3.8) is 0 Å². The number of methoxy groups -OCH3 is 1. The Morgan fingerprint density at radius 2 is 2.18 bits per heavy atom. The number of carbonyl (C=O) groups is 1. The maximum absolute atomic E-state index is 12.4. The number of H-pyrrole nitrogens is 1. The van der Waals surface area contributed by atoms with Gasteiger partial charge in [0.05, 0.1) is 18.4 Å². The number of carbonyl (C=O) groups excluding carboxylic acids is 1. The van der Waals surface area contributed by atoms with Crippen LogP contribution >= 0.6 is 0 Å². The number of nitriles is 1. The molecule has 0 atom stereocenters. The maximum atomic E-state index is 12.4. The summed E-state index contributed by atoms with van der Waals surface area (Å²) in [6.45, 7) is 0.584. The van der Waals surface area contributed by atoms with Crippen LogP contribution in [0.3, 0.4) is 0 Å². The second-order valence-corrected chi connectivity index (χ2v) is 7.40. The highest BCUT2D eigenvalue weighted by atomic mass is 16.5. The van der Waals surface area contributed by atoms with Gasteiger partial charge < -0.3 is 19.9 Å². The Labute approximate surface area is 161 Å². The monoisotopic (exact) mass is 373 g/mol. The van der Waals surface area contributed by atoms with E-state index < -0.39 is 0 Å². The molecule has 2 aliphatic rings. The van der Waals surface area contributed by atoms with E-state index in [2.05, 4.69) is 21.4 Å². The van der Waals surface area contributed by atoms with Crippen molar-refractivity contribution in [1.82, 2.24) is 14.9 Å². The van der Waals surface area contributed by atoms with Gasteiger partial charge in [-0.25, -0.2) is 4.98 Å². The molecule has 0 saturated heterocycles. The first-order chi connectivity index (χ1) is 13.6. The summed E-state index contributed by atoms with van der Waals surface area (Å²) >= 11 is 0. The van der Waals surface area contributed by atoms with Crippen LogP contribution in [0.2, 0.25) is 0 Å². The quantitative estimate of drug-likeness (QED) is 0.728. The maximum Gasteiger partial charge on any atom is 0.254 e. The molecular formula is C21H19N5O2. The third kappa shape index (κ3) is 2.49. The Morgan fingerprint density at radius 3 is 2.89 bits per heavy atom. The summed E-state index contributed by atoms with van der Waals surface area (Å²) in [6.07, 6.45) is 3.95. The van der Waals surface area contributed by atoms with E-state index in [0.717, 1.165) is 29.4 Å². The summed E-state index contributed by atoms with van der Waals surface area (Å²) in [6, 6.07) is 7.99. The SMILES string of the molecule is COc1cc2c(cc1Nc1cc(C3CC3)c3c(C#N)c[nH]c3n1)C(=O)N(C)C2. The normalized spacial score (nSPS) is 15.6. The van der Waals surface area contributed by atoms with Crippen LogP contribution in [0.1, 0.15) is 45.8 Å². The van der Waals surface area contributed by atoms with Gasteiger partial charge in [-0.05, 0) is 48.1 Å². The molecule has 1 aromatic carbocycles. The molecule has 1 fully saturated rings. The molecule has 5 rings (SSSR count). The summed E-state index contributed by atoms with van der Waals surface area (Å²) in [5.74, 6) is 1.80. The third-order valence-electron chi connectivity index (χ3n) is 5.48. The van der Waals surface area contributed by atoms with Gasteiger partial charge in [0.25, 0.3) is 5.91 Å². The van der Waals surface area contributed by atoms with Crippen molar-refractivity contribution >= 4 is 28.4 Å². The number of hydrogen-bond donors (Lipinski definition) is 2. The van der Waals surface area contributed by atoms with Crippen LogP contribution in [0.15, 0.2) is 24.4 Å². The minimum Gasteiger partial charge on any atom is -0.495 e. The zero-order valence-electron chi connectivity index (χ0n) is 15.7. The van der Waals surface area contributed by atoms with E-state index in [-0.39, 0.29) is 5.91 Å². The first-order valence-corrected chi connectivity index (χ1v) is 9.24. The zero-order chi connectivity index (χ0) is 19.4. The average molecular weight is 373 g/mol. The van der Waals surface area contributed by atoms with E-state index >= 15 is 0 Å². The number of rotatable bonds is 4. The molecule has 0 unspecified atom stereocenters. The molecule has 1 amide bonds. The first kappa shape index (κ1) is 16.6. The molecule has 28 heavy (non-hydrogen) atoms. The van der Waals surface area contributed by atoms with Crippen molar-refractivity contribution in [3.05, 3.63) is 46.6 Å². The predicted molar refractivity (Wildman–Crippen MR) is 105 cm³/mol. The van der Waals surface area contributed by atoms with Crippen molar-refractivity contribution in [2.24, 2.45) is 0 Å². The number of pyridine rings is 1.